The molecule has 0 aliphatic rings. The van der Waals surface area contributed by atoms with Crippen molar-refractivity contribution in [2.75, 3.05) is 0 Å². The predicted octanol–water partition coefficient (Wildman–Crippen LogP) is 12.0. The van der Waals surface area contributed by atoms with Crippen LogP contribution in [0.5, 0.6) is 0 Å². The van der Waals surface area contributed by atoms with Gasteiger partial charge in [-0.3, -0.25) is 0 Å². The second-order valence-electron chi connectivity index (χ2n) is 11.0. The van der Waals surface area contributed by atoms with Gasteiger partial charge in [0.2, 0.25) is 0 Å². The molecule has 0 bridgehead atoms. The first-order valence-corrected chi connectivity index (χ1v) is 14.5. The van der Waals surface area contributed by atoms with E-state index in [2.05, 4.69) is 91.0 Å². The van der Waals surface area contributed by atoms with Gasteiger partial charge in [-0.1, -0.05) is 152 Å². The first kappa shape index (κ1) is 21.1. The normalized spacial score (nSPS) is 12.7. The van der Waals surface area contributed by atoms with Crippen LogP contribution in [-0.2, 0) is 0 Å². The van der Waals surface area contributed by atoms with Crippen molar-refractivity contribution in [3.05, 3.63) is 158 Å². The fraction of sp³-hybridized carbons (Fsp3) is 0. The predicted molar refractivity (Wildman–Crippen MR) is 183 cm³/mol. The second-order valence-corrected chi connectivity index (χ2v) is 11.0. The Hall–Kier alpha value is -5.66. The maximum Gasteiger partial charge on any atom is 0.143 e. The van der Waals surface area contributed by atoms with Gasteiger partial charge in [-0.15, -0.1) is 0 Å². The van der Waals surface area contributed by atoms with Crippen LogP contribution < -0.4 is 0 Å². The molecule has 0 radical (unpaired) electrons. The largest absolute Gasteiger partial charge is 0.455 e. The van der Waals surface area contributed by atoms with Crippen LogP contribution in [0, 0.1) is 0 Å². The summed E-state index contributed by atoms with van der Waals surface area (Å²) in [7, 11) is 0. The van der Waals surface area contributed by atoms with Gasteiger partial charge in [-0.05, 0) is 60.8 Å². The summed E-state index contributed by atoms with van der Waals surface area (Å²) in [6.07, 6.45) is 0. The fourth-order valence-electron chi connectivity index (χ4n) is 6.70. The van der Waals surface area contributed by atoms with Crippen molar-refractivity contribution < 1.29 is 8.53 Å². The molecule has 0 amide bonds. The summed E-state index contributed by atoms with van der Waals surface area (Å²) in [5, 5.41) is 8.10. The number of hydrogen-bond donors (Lipinski definition) is 0. The monoisotopic (exact) mass is 549 g/mol. The zero-order valence-corrected chi connectivity index (χ0v) is 23.2. The van der Waals surface area contributed by atoms with E-state index in [1.165, 1.54) is 32.7 Å². The fourth-order valence-corrected chi connectivity index (χ4v) is 6.70. The summed E-state index contributed by atoms with van der Waals surface area (Å²) in [5.74, 6) is 0. The Bertz CT molecular complexity index is 2600. The molecule has 9 aromatic rings. The minimum atomic E-state index is -0.101. The maximum absolute atomic E-state index is 8.96. The molecule has 1 aromatic heterocycles. The molecule has 9 rings (SSSR count). The van der Waals surface area contributed by atoms with Crippen LogP contribution in [0.4, 0.5) is 0 Å². The molecule has 0 saturated carbocycles. The van der Waals surface area contributed by atoms with Crippen LogP contribution in [0.25, 0.3) is 87.6 Å². The molecule has 1 heteroatoms. The summed E-state index contributed by atoms with van der Waals surface area (Å²) in [5.41, 5.74) is 7.12. The molecule has 0 fully saturated rings. The molecule has 0 unspecified atom stereocenters. The molecule has 0 aliphatic heterocycles. The first-order valence-electron chi connectivity index (χ1n) is 16.0. The van der Waals surface area contributed by atoms with Crippen LogP contribution in [-0.4, -0.2) is 0 Å². The van der Waals surface area contributed by atoms with Crippen molar-refractivity contribution in [2.24, 2.45) is 0 Å². The van der Waals surface area contributed by atoms with Gasteiger partial charge < -0.3 is 4.42 Å². The van der Waals surface area contributed by atoms with Crippen molar-refractivity contribution in [3.8, 4) is 33.4 Å². The molecule has 0 aliphatic carbocycles. The van der Waals surface area contributed by atoms with Crippen molar-refractivity contribution >= 4 is 54.3 Å². The minimum Gasteiger partial charge on any atom is -0.455 e. The molecule has 43 heavy (non-hydrogen) atoms. The average molecular weight is 550 g/mol. The van der Waals surface area contributed by atoms with Crippen LogP contribution in [0.15, 0.2) is 162 Å². The Kier molecular flexibility index (Phi) is 4.63. The van der Waals surface area contributed by atoms with Gasteiger partial charge in [-0.2, -0.15) is 0 Å². The lowest BCUT2D eigenvalue weighted by atomic mass is 9.85. The van der Waals surface area contributed by atoms with Gasteiger partial charge in [0.25, 0.3) is 0 Å². The quantitative estimate of drug-likeness (QED) is 0.200. The second kappa shape index (κ2) is 9.44. The van der Waals surface area contributed by atoms with Gasteiger partial charge in [0.15, 0.2) is 0 Å². The number of rotatable bonds is 3. The van der Waals surface area contributed by atoms with Gasteiger partial charge in [0.1, 0.15) is 11.2 Å². The van der Waals surface area contributed by atoms with Crippen molar-refractivity contribution in [3.63, 3.8) is 0 Å². The van der Waals surface area contributed by atoms with Crippen molar-refractivity contribution in [1.29, 1.82) is 0 Å². The van der Waals surface area contributed by atoms with Crippen LogP contribution in [0.1, 0.15) is 4.11 Å². The third-order valence-corrected chi connectivity index (χ3v) is 8.64. The van der Waals surface area contributed by atoms with Crippen molar-refractivity contribution in [2.45, 2.75) is 0 Å². The standard InChI is InChI=1S/C42H26O/c1-2-12-29(13-3-1)39-33-15-6-8-17-35(33)40(36-18-9-7-16-34(36)39)30-23-21-28(22-24-30)32-19-10-20-37-38-26-25-27-11-4-5-14-31(27)42(38)43-41(32)37/h1-26H/i10D,19D,20D. The molecule has 0 N–H and O–H groups in total. The van der Waals surface area contributed by atoms with Gasteiger partial charge in [-0.25, -0.2) is 0 Å². The Labute approximate surface area is 253 Å². The summed E-state index contributed by atoms with van der Waals surface area (Å²) in [6.45, 7) is 0. The molecule has 8 aromatic carbocycles. The summed E-state index contributed by atoms with van der Waals surface area (Å²) in [4.78, 5) is 0. The Morgan fingerprint density at radius 3 is 1.56 bits per heavy atom. The van der Waals surface area contributed by atoms with Crippen LogP contribution in [0.2, 0.25) is 0 Å². The molecular weight excluding hydrogens is 520 g/mol. The Morgan fingerprint density at radius 1 is 0.372 bits per heavy atom. The Balaban J connectivity index is 1.28. The smallest absolute Gasteiger partial charge is 0.143 e. The lowest BCUT2D eigenvalue weighted by Crippen LogP contribution is -1.90. The van der Waals surface area contributed by atoms with E-state index in [0.717, 1.165) is 32.8 Å². The third kappa shape index (κ3) is 3.65. The maximum atomic E-state index is 8.96. The van der Waals surface area contributed by atoms with E-state index >= 15 is 0 Å². The van der Waals surface area contributed by atoms with Crippen LogP contribution >= 0.6 is 0 Å². The third-order valence-electron chi connectivity index (χ3n) is 8.64. The topological polar surface area (TPSA) is 13.1 Å². The van der Waals surface area contributed by atoms with E-state index in [-0.39, 0.29) is 18.1 Å². The highest BCUT2D eigenvalue weighted by molar-refractivity contribution is 6.21. The summed E-state index contributed by atoms with van der Waals surface area (Å²) < 4.78 is 33.0. The van der Waals surface area contributed by atoms with E-state index in [9.17, 15) is 0 Å². The van der Waals surface area contributed by atoms with E-state index < -0.39 is 0 Å². The summed E-state index contributed by atoms with van der Waals surface area (Å²) >= 11 is 0. The molecule has 1 heterocycles. The lowest BCUT2D eigenvalue weighted by molar-refractivity contribution is 0.674. The number of hydrogen-bond acceptors (Lipinski definition) is 1. The first-order chi connectivity index (χ1) is 22.6. The number of fused-ring (bicyclic) bond motifs is 7. The Morgan fingerprint density at radius 2 is 0.907 bits per heavy atom. The van der Waals surface area contributed by atoms with E-state index in [0.29, 0.717) is 22.1 Å². The highest BCUT2D eigenvalue weighted by atomic mass is 16.3. The molecule has 200 valence electrons. The van der Waals surface area contributed by atoms with Gasteiger partial charge >= 0.3 is 0 Å². The highest BCUT2D eigenvalue weighted by Gasteiger charge is 2.17. The molecule has 0 saturated heterocycles. The molecule has 0 spiro atoms. The zero-order valence-electron chi connectivity index (χ0n) is 26.2. The molecule has 1 nitrogen and oxygen atoms in total. The number of furan rings is 1. The summed E-state index contributed by atoms with van der Waals surface area (Å²) in [6, 6.07) is 47.9. The van der Waals surface area contributed by atoms with Crippen LogP contribution in [0.3, 0.4) is 0 Å². The van der Waals surface area contributed by atoms with E-state index in [1.807, 2.05) is 48.5 Å². The molecular formula is C42H26O. The van der Waals surface area contributed by atoms with Gasteiger partial charge in [0.05, 0.1) is 4.11 Å². The SMILES string of the molecule is [2H]c1c([2H])c([2H])c2c(oc3c4ccccc4ccc32)c1-c1ccc(-c2c3ccccc3c(-c3ccccc3)c3ccccc23)cc1. The minimum absolute atomic E-state index is 0.00303. The average Bonchev–Trinajstić information content (AvgIpc) is 3.50. The van der Waals surface area contributed by atoms with Gasteiger partial charge in [0, 0.05) is 21.7 Å². The number of para-hydroxylation sites is 1. The lowest BCUT2D eigenvalue weighted by Gasteiger charge is -2.18. The highest BCUT2D eigenvalue weighted by Crippen LogP contribution is 2.44. The number of benzene rings is 8. The molecule has 0 atom stereocenters. The zero-order chi connectivity index (χ0) is 30.9. The van der Waals surface area contributed by atoms with E-state index in [1.54, 1.807) is 0 Å². The van der Waals surface area contributed by atoms with E-state index in [4.69, 9.17) is 8.53 Å². The van der Waals surface area contributed by atoms with Crippen molar-refractivity contribution in [1.82, 2.24) is 0 Å².